The predicted molar refractivity (Wildman–Crippen MR) is 102 cm³/mol. The topological polar surface area (TPSA) is 79.6 Å². The van der Waals surface area contributed by atoms with Crippen LogP contribution in [0.1, 0.15) is 34.9 Å². The maximum absolute atomic E-state index is 11.5. The van der Waals surface area contributed by atoms with E-state index in [4.69, 9.17) is 0 Å². The molecule has 0 aliphatic carbocycles. The summed E-state index contributed by atoms with van der Waals surface area (Å²) in [6.07, 6.45) is 0.957. The number of anilines is 1. The van der Waals surface area contributed by atoms with Crippen LogP contribution in [-0.2, 0) is 13.0 Å². The number of hydrogen-bond acceptors (Lipinski definition) is 7. The zero-order valence-electron chi connectivity index (χ0n) is 15.0. The Hall–Kier alpha value is -2.32. The number of aryl methyl sites for hydroxylation is 1. The third kappa shape index (κ3) is 4.08. The Bertz CT molecular complexity index is 813. The zero-order chi connectivity index (χ0) is 18.7. The fraction of sp³-hybridized carbons (Fsp3) is 0.444. The summed E-state index contributed by atoms with van der Waals surface area (Å²) in [5, 5.41) is 14.7. The molecule has 1 aromatic carbocycles. The number of thiazole rings is 1. The number of piperazine rings is 1. The summed E-state index contributed by atoms with van der Waals surface area (Å²) in [6.45, 7) is 7.41. The molecule has 0 bridgehead atoms. The highest BCUT2D eigenvalue weighted by Crippen LogP contribution is 2.30. The van der Waals surface area contributed by atoms with E-state index in [0.717, 1.165) is 36.8 Å². The lowest BCUT2D eigenvalue weighted by atomic mass is 10.1. The van der Waals surface area contributed by atoms with Crippen LogP contribution in [0.15, 0.2) is 23.6 Å². The number of nitrogens with zero attached hydrogens (tertiary/aromatic N) is 4. The molecule has 7 nitrogen and oxygen atoms in total. The van der Waals surface area contributed by atoms with Crippen LogP contribution in [0.4, 0.5) is 11.4 Å². The molecule has 138 valence electrons. The van der Waals surface area contributed by atoms with Gasteiger partial charge in [-0.2, -0.15) is 0 Å². The highest BCUT2D eigenvalue weighted by molar-refractivity contribution is 7.09. The summed E-state index contributed by atoms with van der Waals surface area (Å²) in [4.78, 5) is 31.5. The standard InChI is InChI=1S/C18H22N4O3S/c1-3-18-19-15(12-26-18)11-20-6-8-21(9-7-20)16-5-4-14(13(2)23)10-17(16)22(24)25/h4-5,10,12H,3,6-9,11H2,1-2H3. The molecule has 26 heavy (non-hydrogen) atoms. The van der Waals surface area contributed by atoms with Gasteiger partial charge < -0.3 is 4.90 Å². The Morgan fingerprint density at radius 1 is 1.31 bits per heavy atom. The van der Waals surface area contributed by atoms with Gasteiger partial charge in [-0.3, -0.25) is 19.8 Å². The Morgan fingerprint density at radius 2 is 2.04 bits per heavy atom. The Balaban J connectivity index is 1.67. The number of carbonyl (C=O) groups is 1. The summed E-state index contributed by atoms with van der Waals surface area (Å²) in [5.41, 5.74) is 2.05. The van der Waals surface area contributed by atoms with E-state index < -0.39 is 4.92 Å². The molecule has 0 unspecified atom stereocenters. The zero-order valence-corrected chi connectivity index (χ0v) is 15.8. The molecule has 1 aliphatic rings. The van der Waals surface area contributed by atoms with E-state index in [0.29, 0.717) is 24.3 Å². The van der Waals surface area contributed by atoms with Crippen LogP contribution in [0.5, 0.6) is 0 Å². The Labute approximate surface area is 156 Å². The summed E-state index contributed by atoms with van der Waals surface area (Å²) in [6, 6.07) is 4.74. The van der Waals surface area contributed by atoms with Crippen molar-refractivity contribution in [2.24, 2.45) is 0 Å². The second-order valence-corrected chi connectivity index (χ2v) is 7.31. The first-order chi connectivity index (χ1) is 12.5. The van der Waals surface area contributed by atoms with E-state index in [1.807, 2.05) is 4.90 Å². The van der Waals surface area contributed by atoms with Crippen LogP contribution in [-0.4, -0.2) is 46.8 Å². The third-order valence-electron chi connectivity index (χ3n) is 4.58. The minimum absolute atomic E-state index is 0.00163. The molecule has 0 atom stereocenters. The largest absolute Gasteiger partial charge is 0.363 e. The molecule has 2 heterocycles. The molecule has 0 saturated carbocycles. The van der Waals surface area contributed by atoms with Gasteiger partial charge in [0, 0.05) is 49.7 Å². The molecular weight excluding hydrogens is 352 g/mol. The van der Waals surface area contributed by atoms with E-state index in [-0.39, 0.29) is 11.5 Å². The van der Waals surface area contributed by atoms with Crippen molar-refractivity contribution in [1.82, 2.24) is 9.88 Å². The van der Waals surface area contributed by atoms with Crippen molar-refractivity contribution in [3.05, 3.63) is 50.0 Å². The lowest BCUT2D eigenvalue weighted by Gasteiger charge is -2.35. The second-order valence-electron chi connectivity index (χ2n) is 6.37. The normalized spacial score (nSPS) is 15.2. The van der Waals surface area contributed by atoms with Crippen molar-refractivity contribution in [1.29, 1.82) is 0 Å². The van der Waals surface area contributed by atoms with Gasteiger partial charge in [-0.1, -0.05) is 6.92 Å². The van der Waals surface area contributed by atoms with Gasteiger partial charge in [0.25, 0.3) is 5.69 Å². The minimum Gasteiger partial charge on any atom is -0.363 e. The van der Waals surface area contributed by atoms with Crippen LogP contribution in [0.2, 0.25) is 0 Å². The number of hydrogen-bond donors (Lipinski definition) is 0. The van der Waals surface area contributed by atoms with Crippen molar-refractivity contribution in [3.8, 4) is 0 Å². The van der Waals surface area contributed by atoms with Crippen molar-refractivity contribution in [3.63, 3.8) is 0 Å². The molecule has 1 aliphatic heterocycles. The van der Waals surface area contributed by atoms with Gasteiger partial charge in [0.15, 0.2) is 5.78 Å². The van der Waals surface area contributed by atoms with Crippen LogP contribution in [0, 0.1) is 10.1 Å². The third-order valence-corrected chi connectivity index (χ3v) is 5.62. The number of nitro benzene ring substituents is 1. The first-order valence-electron chi connectivity index (χ1n) is 8.68. The molecule has 1 fully saturated rings. The molecular formula is C18H22N4O3S. The van der Waals surface area contributed by atoms with E-state index in [2.05, 4.69) is 22.2 Å². The van der Waals surface area contributed by atoms with Crippen LogP contribution in [0.25, 0.3) is 0 Å². The van der Waals surface area contributed by atoms with E-state index in [9.17, 15) is 14.9 Å². The first kappa shape index (κ1) is 18.5. The van der Waals surface area contributed by atoms with E-state index >= 15 is 0 Å². The summed E-state index contributed by atoms with van der Waals surface area (Å²) in [7, 11) is 0. The first-order valence-corrected chi connectivity index (χ1v) is 9.56. The van der Waals surface area contributed by atoms with E-state index in [1.54, 1.807) is 23.5 Å². The fourth-order valence-electron chi connectivity index (χ4n) is 3.12. The predicted octanol–water partition coefficient (Wildman–Crippen LogP) is 3.14. The average molecular weight is 374 g/mol. The molecule has 0 spiro atoms. The highest BCUT2D eigenvalue weighted by Gasteiger charge is 2.25. The number of aromatic nitrogens is 1. The molecule has 0 radical (unpaired) electrons. The monoisotopic (exact) mass is 374 g/mol. The summed E-state index contributed by atoms with van der Waals surface area (Å²) >= 11 is 1.69. The van der Waals surface area contributed by atoms with Crippen molar-refractivity contribution in [2.75, 3.05) is 31.1 Å². The fourth-order valence-corrected chi connectivity index (χ4v) is 3.85. The molecule has 0 N–H and O–H groups in total. The van der Waals surface area contributed by atoms with Crippen LogP contribution in [0.3, 0.4) is 0 Å². The number of rotatable bonds is 6. The SMILES string of the molecule is CCc1nc(CN2CCN(c3ccc(C(C)=O)cc3[N+](=O)[O-])CC2)cs1. The van der Waals surface area contributed by atoms with E-state index in [1.165, 1.54) is 13.0 Å². The smallest absolute Gasteiger partial charge is 0.293 e. The van der Waals surface area contributed by atoms with Gasteiger partial charge in [0.2, 0.25) is 0 Å². The summed E-state index contributed by atoms with van der Waals surface area (Å²) in [5.74, 6) is -0.167. The Kier molecular flexibility index (Phi) is 5.63. The maximum atomic E-state index is 11.5. The van der Waals surface area contributed by atoms with Crippen molar-refractivity contribution >= 4 is 28.5 Å². The van der Waals surface area contributed by atoms with Gasteiger partial charge >= 0.3 is 0 Å². The quantitative estimate of drug-likeness (QED) is 0.439. The lowest BCUT2D eigenvalue weighted by Crippen LogP contribution is -2.46. The summed E-state index contributed by atoms with van der Waals surface area (Å²) < 4.78 is 0. The van der Waals surface area contributed by atoms with Crippen molar-refractivity contribution < 1.29 is 9.72 Å². The van der Waals surface area contributed by atoms with Gasteiger partial charge in [0.05, 0.1) is 15.6 Å². The molecule has 8 heteroatoms. The minimum atomic E-state index is -0.407. The maximum Gasteiger partial charge on any atom is 0.293 e. The molecule has 1 aromatic heterocycles. The number of ketones is 1. The van der Waals surface area contributed by atoms with Crippen LogP contribution >= 0.6 is 11.3 Å². The number of benzene rings is 1. The number of nitro groups is 1. The molecule has 3 rings (SSSR count). The highest BCUT2D eigenvalue weighted by atomic mass is 32.1. The number of carbonyl (C=O) groups excluding carboxylic acids is 1. The van der Waals surface area contributed by atoms with Gasteiger partial charge in [-0.05, 0) is 25.5 Å². The molecule has 1 saturated heterocycles. The van der Waals surface area contributed by atoms with Gasteiger partial charge in [-0.25, -0.2) is 4.98 Å². The second kappa shape index (κ2) is 7.92. The van der Waals surface area contributed by atoms with Crippen LogP contribution < -0.4 is 4.90 Å². The van der Waals surface area contributed by atoms with Gasteiger partial charge in [-0.15, -0.1) is 11.3 Å². The average Bonchev–Trinajstić information content (AvgIpc) is 3.09. The number of Topliss-reactive ketones (excluding diaryl/α,β-unsaturated/α-hetero) is 1. The van der Waals surface area contributed by atoms with Crippen molar-refractivity contribution in [2.45, 2.75) is 26.8 Å². The lowest BCUT2D eigenvalue weighted by molar-refractivity contribution is -0.384. The van der Waals surface area contributed by atoms with Gasteiger partial charge in [0.1, 0.15) is 5.69 Å². The Morgan fingerprint density at radius 3 is 2.62 bits per heavy atom. The molecule has 0 amide bonds. The molecule has 2 aromatic rings.